The fourth-order valence-corrected chi connectivity index (χ4v) is 3.57. The Morgan fingerprint density at radius 3 is 2.19 bits per heavy atom. The minimum Gasteiger partial charge on any atom is -0.327 e. The summed E-state index contributed by atoms with van der Waals surface area (Å²) in [5.41, 5.74) is 5.71. The summed E-state index contributed by atoms with van der Waals surface area (Å²) in [4.78, 5) is 0. The molecule has 0 radical (unpaired) electrons. The van der Waals surface area contributed by atoms with Crippen molar-refractivity contribution in [1.82, 2.24) is 9.03 Å². The van der Waals surface area contributed by atoms with E-state index in [0.717, 1.165) is 0 Å². The van der Waals surface area contributed by atoms with Crippen molar-refractivity contribution in [2.75, 3.05) is 13.1 Å². The van der Waals surface area contributed by atoms with Crippen LogP contribution >= 0.6 is 0 Å². The Kier molecular flexibility index (Phi) is 3.99. The molecule has 0 amide bonds. The number of hydrogen-bond donors (Lipinski definition) is 2. The molecule has 5 nitrogen and oxygen atoms in total. The van der Waals surface area contributed by atoms with Crippen molar-refractivity contribution in [1.29, 1.82) is 0 Å². The first-order chi connectivity index (χ1) is 7.25. The highest BCUT2D eigenvalue weighted by Gasteiger charge is 2.48. The lowest BCUT2D eigenvalue weighted by Crippen LogP contribution is -2.65. The third-order valence-corrected chi connectivity index (χ3v) is 5.46. The van der Waals surface area contributed by atoms with Crippen LogP contribution in [0.4, 0.5) is 0 Å². The molecule has 0 saturated heterocycles. The zero-order chi connectivity index (χ0) is 12.6. The van der Waals surface area contributed by atoms with Crippen LogP contribution in [0, 0.1) is 5.41 Å². The summed E-state index contributed by atoms with van der Waals surface area (Å²) >= 11 is 0. The summed E-state index contributed by atoms with van der Waals surface area (Å²) in [6.45, 7) is 8.64. The fourth-order valence-electron chi connectivity index (χ4n) is 1.98. The molecule has 96 valence electrons. The summed E-state index contributed by atoms with van der Waals surface area (Å²) in [6, 6.07) is 0.0324. The fraction of sp³-hybridized carbons (Fsp3) is 1.00. The molecule has 0 aromatic rings. The molecule has 16 heavy (non-hydrogen) atoms. The molecule has 3 N–H and O–H groups in total. The molecule has 6 heteroatoms. The highest BCUT2D eigenvalue weighted by molar-refractivity contribution is 7.87. The average Bonchev–Trinajstić information content (AvgIpc) is 2.18. The van der Waals surface area contributed by atoms with E-state index in [1.807, 2.05) is 27.7 Å². The Morgan fingerprint density at radius 1 is 1.38 bits per heavy atom. The van der Waals surface area contributed by atoms with E-state index in [2.05, 4.69) is 4.72 Å². The molecule has 0 spiro atoms. The van der Waals surface area contributed by atoms with E-state index < -0.39 is 10.2 Å². The van der Waals surface area contributed by atoms with Crippen molar-refractivity contribution in [3.05, 3.63) is 0 Å². The number of nitrogens with two attached hydrogens (primary N) is 1. The zero-order valence-corrected chi connectivity index (χ0v) is 11.3. The second-order valence-corrected chi connectivity index (χ2v) is 6.63. The second-order valence-electron chi connectivity index (χ2n) is 4.92. The van der Waals surface area contributed by atoms with E-state index in [4.69, 9.17) is 5.73 Å². The lowest BCUT2D eigenvalue weighted by Gasteiger charge is -2.50. The largest absolute Gasteiger partial charge is 0.327 e. The van der Waals surface area contributed by atoms with Gasteiger partial charge in [-0.1, -0.05) is 27.7 Å². The van der Waals surface area contributed by atoms with Crippen LogP contribution < -0.4 is 10.5 Å². The first-order valence-corrected chi connectivity index (χ1v) is 7.22. The van der Waals surface area contributed by atoms with Gasteiger partial charge in [-0.2, -0.15) is 17.4 Å². The molecule has 0 aliphatic heterocycles. The van der Waals surface area contributed by atoms with Gasteiger partial charge in [-0.25, -0.2) is 0 Å². The van der Waals surface area contributed by atoms with Gasteiger partial charge in [0.1, 0.15) is 0 Å². The lowest BCUT2D eigenvalue weighted by atomic mass is 9.64. The number of rotatable bonds is 5. The Hall–Kier alpha value is -0.170. The normalized spacial score (nSPS) is 29.1. The maximum Gasteiger partial charge on any atom is 0.279 e. The Bertz CT molecular complexity index is 336. The van der Waals surface area contributed by atoms with E-state index >= 15 is 0 Å². The van der Waals surface area contributed by atoms with Gasteiger partial charge in [0.15, 0.2) is 0 Å². The van der Waals surface area contributed by atoms with Gasteiger partial charge in [-0.15, -0.1) is 0 Å². The molecule has 1 fully saturated rings. The van der Waals surface area contributed by atoms with Crippen LogP contribution in [0.3, 0.4) is 0 Å². The zero-order valence-electron chi connectivity index (χ0n) is 10.5. The maximum atomic E-state index is 12.0. The van der Waals surface area contributed by atoms with Gasteiger partial charge in [0.2, 0.25) is 0 Å². The van der Waals surface area contributed by atoms with E-state index in [0.29, 0.717) is 19.5 Å². The lowest BCUT2D eigenvalue weighted by molar-refractivity contribution is 0.0889. The number of nitrogens with one attached hydrogen (secondary N) is 1. The third kappa shape index (κ3) is 2.40. The average molecular weight is 249 g/mol. The SMILES string of the molecule is CCN(CC)S(=O)(=O)NC1CC(N)C1(C)C. The van der Waals surface area contributed by atoms with Crippen LogP contribution in [-0.2, 0) is 10.2 Å². The van der Waals surface area contributed by atoms with Crippen LogP contribution in [0.15, 0.2) is 0 Å². The maximum absolute atomic E-state index is 12.0. The second kappa shape index (κ2) is 4.60. The van der Waals surface area contributed by atoms with E-state index in [1.165, 1.54) is 4.31 Å². The van der Waals surface area contributed by atoms with Crippen molar-refractivity contribution >= 4 is 10.2 Å². The van der Waals surface area contributed by atoms with Crippen molar-refractivity contribution in [3.8, 4) is 0 Å². The highest BCUT2D eigenvalue weighted by Crippen LogP contribution is 2.39. The van der Waals surface area contributed by atoms with Gasteiger partial charge in [0.25, 0.3) is 10.2 Å². The molecule has 1 aliphatic carbocycles. The van der Waals surface area contributed by atoms with Gasteiger partial charge in [-0.05, 0) is 11.8 Å². The van der Waals surface area contributed by atoms with Crippen molar-refractivity contribution in [3.63, 3.8) is 0 Å². The molecular formula is C10H23N3O2S. The van der Waals surface area contributed by atoms with Gasteiger partial charge >= 0.3 is 0 Å². The quantitative estimate of drug-likeness (QED) is 0.735. The smallest absolute Gasteiger partial charge is 0.279 e. The number of hydrogen-bond acceptors (Lipinski definition) is 3. The van der Waals surface area contributed by atoms with Crippen LogP contribution in [0.5, 0.6) is 0 Å². The summed E-state index contributed by atoms with van der Waals surface area (Å²) in [5.74, 6) is 0. The predicted molar refractivity (Wildman–Crippen MR) is 65.1 cm³/mol. The topological polar surface area (TPSA) is 75.4 Å². The molecular weight excluding hydrogens is 226 g/mol. The number of nitrogens with zero attached hydrogens (tertiary/aromatic N) is 1. The minimum absolute atomic E-state index is 0.0481. The van der Waals surface area contributed by atoms with Crippen LogP contribution in [0.25, 0.3) is 0 Å². The molecule has 0 aromatic heterocycles. The molecule has 2 atom stereocenters. The van der Waals surface area contributed by atoms with Gasteiger partial charge in [0.05, 0.1) is 0 Å². The summed E-state index contributed by atoms with van der Waals surface area (Å²) in [5, 5.41) is 0. The summed E-state index contributed by atoms with van der Waals surface area (Å²) in [6.07, 6.45) is 0.716. The van der Waals surface area contributed by atoms with Crippen LogP contribution in [-0.4, -0.2) is 37.9 Å². The Labute approximate surface area is 98.6 Å². The molecule has 0 heterocycles. The molecule has 1 rings (SSSR count). The standard InChI is InChI=1S/C10H23N3O2S/c1-5-13(6-2)16(14,15)12-9-7-8(11)10(9,3)4/h8-9,12H,5-7,11H2,1-4H3. The van der Waals surface area contributed by atoms with Crippen LogP contribution in [0.1, 0.15) is 34.1 Å². The molecule has 1 aliphatic rings. The molecule has 0 aromatic carbocycles. The van der Waals surface area contributed by atoms with Gasteiger partial charge in [0, 0.05) is 25.2 Å². The van der Waals surface area contributed by atoms with E-state index in [-0.39, 0.29) is 17.5 Å². The summed E-state index contributed by atoms with van der Waals surface area (Å²) in [7, 11) is -3.35. The van der Waals surface area contributed by atoms with E-state index in [1.54, 1.807) is 0 Å². The third-order valence-electron chi connectivity index (χ3n) is 3.68. The van der Waals surface area contributed by atoms with Crippen molar-refractivity contribution < 1.29 is 8.42 Å². The minimum atomic E-state index is -3.35. The molecule has 2 unspecified atom stereocenters. The van der Waals surface area contributed by atoms with Gasteiger partial charge in [-0.3, -0.25) is 0 Å². The first kappa shape index (κ1) is 13.9. The Morgan fingerprint density at radius 2 is 1.88 bits per heavy atom. The molecule has 0 bridgehead atoms. The first-order valence-electron chi connectivity index (χ1n) is 5.78. The predicted octanol–water partition coefficient (Wildman–Crippen LogP) is 0.288. The van der Waals surface area contributed by atoms with Crippen molar-refractivity contribution in [2.24, 2.45) is 11.1 Å². The van der Waals surface area contributed by atoms with Crippen molar-refractivity contribution in [2.45, 2.75) is 46.2 Å². The van der Waals surface area contributed by atoms with Gasteiger partial charge < -0.3 is 5.73 Å². The Balaban J connectivity index is 2.68. The summed E-state index contributed by atoms with van der Waals surface area (Å²) < 4.78 is 28.1. The molecule has 1 saturated carbocycles. The van der Waals surface area contributed by atoms with Crippen LogP contribution in [0.2, 0.25) is 0 Å². The highest BCUT2D eigenvalue weighted by atomic mass is 32.2. The monoisotopic (exact) mass is 249 g/mol. The van der Waals surface area contributed by atoms with E-state index in [9.17, 15) is 8.42 Å².